The molecule has 0 bridgehead atoms. The maximum atomic E-state index is 12.7. The van der Waals surface area contributed by atoms with Crippen molar-refractivity contribution in [2.45, 2.75) is 18.9 Å². The third-order valence-electron chi connectivity index (χ3n) is 3.72. The molecule has 0 saturated carbocycles. The molecule has 0 aliphatic carbocycles. The highest BCUT2D eigenvalue weighted by atomic mass is 79.9. The van der Waals surface area contributed by atoms with Crippen LogP contribution in [-0.2, 0) is 11.2 Å². The maximum absolute atomic E-state index is 12.7. The monoisotopic (exact) mass is 374 g/mol. The summed E-state index contributed by atoms with van der Waals surface area (Å²) in [5.41, 5.74) is 7.00. The molecule has 0 fully saturated rings. The molecule has 2 amide bonds. The fourth-order valence-corrected chi connectivity index (χ4v) is 2.91. The number of amides is 2. The van der Waals surface area contributed by atoms with E-state index in [0.29, 0.717) is 12.0 Å². The zero-order chi connectivity index (χ0) is 16.8. The van der Waals surface area contributed by atoms with Crippen LogP contribution < -0.4 is 5.73 Å². The van der Waals surface area contributed by atoms with E-state index in [1.54, 1.807) is 18.0 Å². The van der Waals surface area contributed by atoms with Crippen LogP contribution in [0.1, 0.15) is 22.3 Å². The van der Waals surface area contributed by atoms with Gasteiger partial charge in [0.25, 0.3) is 5.91 Å². The smallest absolute Gasteiger partial charge is 0.255 e. The van der Waals surface area contributed by atoms with E-state index in [0.717, 1.165) is 10.0 Å². The Bertz CT molecular complexity index is 688. The van der Waals surface area contributed by atoms with E-state index in [-0.39, 0.29) is 18.4 Å². The van der Waals surface area contributed by atoms with Gasteiger partial charge in [-0.3, -0.25) is 9.59 Å². The molecule has 0 aliphatic rings. The van der Waals surface area contributed by atoms with Crippen LogP contribution in [0.15, 0.2) is 59.1 Å². The molecule has 120 valence electrons. The Morgan fingerprint density at radius 3 is 2.30 bits per heavy atom. The average molecular weight is 375 g/mol. The summed E-state index contributed by atoms with van der Waals surface area (Å²) < 4.78 is 0.731. The van der Waals surface area contributed by atoms with Gasteiger partial charge in [-0.05, 0) is 40.0 Å². The zero-order valence-corrected chi connectivity index (χ0v) is 14.5. The molecule has 1 atom stereocenters. The van der Waals surface area contributed by atoms with Crippen LogP contribution in [0.3, 0.4) is 0 Å². The Morgan fingerprint density at radius 2 is 1.70 bits per heavy atom. The molecule has 2 aromatic rings. The first-order valence-electron chi connectivity index (χ1n) is 7.33. The highest BCUT2D eigenvalue weighted by Crippen LogP contribution is 2.20. The Hall–Kier alpha value is -2.14. The molecule has 5 heteroatoms. The van der Waals surface area contributed by atoms with Crippen molar-refractivity contribution in [3.8, 4) is 0 Å². The normalized spacial score (nSPS) is 11.7. The minimum Gasteiger partial charge on any atom is -0.370 e. The number of nitrogens with two attached hydrogens (primary N) is 1. The number of hydrogen-bond donors (Lipinski definition) is 1. The zero-order valence-electron chi connectivity index (χ0n) is 12.9. The van der Waals surface area contributed by atoms with Crippen molar-refractivity contribution in [1.29, 1.82) is 0 Å². The molecule has 2 rings (SSSR count). The third-order valence-corrected chi connectivity index (χ3v) is 4.41. The molecular formula is C18H19BrN2O2. The predicted molar refractivity (Wildman–Crippen MR) is 94.0 cm³/mol. The lowest BCUT2D eigenvalue weighted by molar-refractivity contribution is -0.118. The molecular weight excluding hydrogens is 356 g/mol. The molecule has 2 N–H and O–H groups in total. The Kier molecular flexibility index (Phi) is 5.93. The van der Waals surface area contributed by atoms with Crippen molar-refractivity contribution in [3.05, 3.63) is 70.2 Å². The number of rotatable bonds is 6. The number of carbonyl (C=O) groups is 2. The van der Waals surface area contributed by atoms with Crippen molar-refractivity contribution >= 4 is 27.7 Å². The molecule has 23 heavy (non-hydrogen) atoms. The SMILES string of the molecule is CN(C(=O)c1ccccc1Br)C(CC(N)=O)Cc1ccccc1. The standard InChI is InChI=1S/C18H19BrN2O2/c1-21(18(23)15-9-5-6-10-16(15)19)14(12-17(20)22)11-13-7-3-2-4-8-13/h2-10,14H,11-12H2,1H3,(H2,20,22). The first-order chi connectivity index (χ1) is 11.0. The number of halogens is 1. The van der Waals surface area contributed by atoms with Crippen molar-refractivity contribution < 1.29 is 9.59 Å². The van der Waals surface area contributed by atoms with E-state index in [1.165, 1.54) is 0 Å². The van der Waals surface area contributed by atoms with E-state index < -0.39 is 5.91 Å². The van der Waals surface area contributed by atoms with E-state index in [2.05, 4.69) is 15.9 Å². The van der Waals surface area contributed by atoms with Gasteiger partial charge in [-0.25, -0.2) is 0 Å². The minimum absolute atomic E-state index is 0.127. The lowest BCUT2D eigenvalue weighted by Gasteiger charge is -2.28. The van der Waals surface area contributed by atoms with Crippen LogP contribution in [0.5, 0.6) is 0 Å². The van der Waals surface area contributed by atoms with E-state index in [9.17, 15) is 9.59 Å². The molecule has 2 aromatic carbocycles. The summed E-state index contributed by atoms with van der Waals surface area (Å²) >= 11 is 3.39. The summed E-state index contributed by atoms with van der Waals surface area (Å²) in [6.07, 6.45) is 0.706. The number of primary amides is 1. The summed E-state index contributed by atoms with van der Waals surface area (Å²) in [5.74, 6) is -0.558. The first-order valence-corrected chi connectivity index (χ1v) is 8.12. The second-order valence-electron chi connectivity index (χ2n) is 5.41. The highest BCUT2D eigenvalue weighted by molar-refractivity contribution is 9.10. The second-order valence-corrected chi connectivity index (χ2v) is 6.26. The topological polar surface area (TPSA) is 63.4 Å². The van der Waals surface area contributed by atoms with Gasteiger partial charge in [0.15, 0.2) is 0 Å². The van der Waals surface area contributed by atoms with Crippen LogP contribution in [-0.4, -0.2) is 29.8 Å². The van der Waals surface area contributed by atoms with Crippen molar-refractivity contribution in [2.75, 3.05) is 7.05 Å². The average Bonchev–Trinajstić information content (AvgIpc) is 2.54. The van der Waals surface area contributed by atoms with Crippen molar-refractivity contribution in [2.24, 2.45) is 5.73 Å². The summed E-state index contributed by atoms with van der Waals surface area (Å²) in [6.45, 7) is 0. The van der Waals surface area contributed by atoms with Gasteiger partial charge in [-0.1, -0.05) is 42.5 Å². The number of likely N-dealkylation sites (N-methyl/N-ethyl adjacent to an activating group) is 1. The lowest BCUT2D eigenvalue weighted by Crippen LogP contribution is -2.41. The summed E-state index contributed by atoms with van der Waals surface area (Å²) in [5, 5.41) is 0. The molecule has 4 nitrogen and oxygen atoms in total. The van der Waals surface area contributed by atoms with Gasteiger partial charge in [0, 0.05) is 24.0 Å². The summed E-state index contributed by atoms with van der Waals surface area (Å²) in [4.78, 5) is 25.7. The second kappa shape index (κ2) is 7.92. The van der Waals surface area contributed by atoms with Gasteiger partial charge in [0.05, 0.1) is 5.56 Å². The fraction of sp³-hybridized carbons (Fsp3) is 0.222. The largest absolute Gasteiger partial charge is 0.370 e. The van der Waals surface area contributed by atoms with Crippen LogP contribution >= 0.6 is 15.9 Å². The van der Waals surface area contributed by atoms with Gasteiger partial charge in [-0.2, -0.15) is 0 Å². The van der Waals surface area contributed by atoms with Crippen LogP contribution in [0.4, 0.5) is 0 Å². The van der Waals surface area contributed by atoms with Crippen molar-refractivity contribution in [1.82, 2.24) is 4.90 Å². The number of benzene rings is 2. The van der Waals surface area contributed by atoms with Gasteiger partial charge in [0.1, 0.15) is 0 Å². The fourth-order valence-electron chi connectivity index (χ4n) is 2.45. The van der Waals surface area contributed by atoms with Gasteiger partial charge in [0.2, 0.25) is 5.91 Å². The lowest BCUT2D eigenvalue weighted by atomic mass is 10.0. The van der Waals surface area contributed by atoms with E-state index in [1.807, 2.05) is 48.5 Å². The molecule has 0 heterocycles. The van der Waals surface area contributed by atoms with Gasteiger partial charge < -0.3 is 10.6 Å². The Morgan fingerprint density at radius 1 is 1.09 bits per heavy atom. The van der Waals surface area contributed by atoms with Crippen LogP contribution in [0, 0.1) is 0 Å². The molecule has 0 aliphatic heterocycles. The van der Waals surface area contributed by atoms with Gasteiger partial charge >= 0.3 is 0 Å². The molecule has 0 aromatic heterocycles. The predicted octanol–water partition coefficient (Wildman–Crippen LogP) is 3.01. The van der Waals surface area contributed by atoms with E-state index >= 15 is 0 Å². The van der Waals surface area contributed by atoms with Gasteiger partial charge in [-0.15, -0.1) is 0 Å². The maximum Gasteiger partial charge on any atom is 0.255 e. The number of nitrogens with zero attached hydrogens (tertiary/aromatic N) is 1. The van der Waals surface area contributed by atoms with Crippen LogP contribution in [0.2, 0.25) is 0 Å². The molecule has 0 radical (unpaired) electrons. The number of hydrogen-bond acceptors (Lipinski definition) is 2. The van der Waals surface area contributed by atoms with Crippen molar-refractivity contribution in [3.63, 3.8) is 0 Å². The van der Waals surface area contributed by atoms with E-state index in [4.69, 9.17) is 5.73 Å². The summed E-state index contributed by atoms with van der Waals surface area (Å²) in [7, 11) is 1.71. The quantitative estimate of drug-likeness (QED) is 0.844. The highest BCUT2D eigenvalue weighted by Gasteiger charge is 2.24. The molecule has 0 saturated heterocycles. The minimum atomic E-state index is -0.419. The Labute approximate surface area is 144 Å². The molecule has 0 spiro atoms. The first kappa shape index (κ1) is 17.2. The third kappa shape index (κ3) is 4.66. The molecule has 1 unspecified atom stereocenters. The Balaban J connectivity index is 2.22. The number of carbonyl (C=O) groups excluding carboxylic acids is 2. The summed E-state index contributed by atoms with van der Waals surface area (Å²) in [6, 6.07) is 16.7. The van der Waals surface area contributed by atoms with Crippen LogP contribution in [0.25, 0.3) is 0 Å².